The van der Waals surface area contributed by atoms with Crippen molar-refractivity contribution in [2.24, 2.45) is 0 Å². The lowest BCUT2D eigenvalue weighted by Crippen LogP contribution is -2.38. The van der Waals surface area contributed by atoms with Gasteiger partial charge in [-0.15, -0.1) is 0 Å². The smallest absolute Gasteiger partial charge is 0.257 e. The van der Waals surface area contributed by atoms with Gasteiger partial charge in [0, 0.05) is 6.42 Å². The maximum absolute atomic E-state index is 14.0. The van der Waals surface area contributed by atoms with Crippen LogP contribution in [-0.4, -0.2) is 48.4 Å². The van der Waals surface area contributed by atoms with Crippen LogP contribution >= 0.6 is 0 Å². The number of likely N-dealkylation sites (tertiary alicyclic amines) is 1. The van der Waals surface area contributed by atoms with Crippen LogP contribution < -0.4 is 4.74 Å². The normalized spacial score (nSPS) is 22.6. The average Bonchev–Trinajstić information content (AvgIpc) is 2.79. The molecule has 104 valence electrons. The molecule has 1 aliphatic rings. The highest BCUT2D eigenvalue weighted by Gasteiger charge is 2.36. The number of carbonyl (C=O) groups excluding carboxylic acids is 1. The molecule has 6 heteroatoms. The molecule has 1 aliphatic heterocycles. The quantitative estimate of drug-likeness (QED) is 0.903. The molecule has 0 saturated carbocycles. The van der Waals surface area contributed by atoms with E-state index in [2.05, 4.69) is 0 Å². The van der Waals surface area contributed by atoms with Gasteiger partial charge in [0.1, 0.15) is 6.17 Å². The Hall–Kier alpha value is -1.69. The number of alkyl halides is 1. The highest BCUT2D eigenvalue weighted by atomic mass is 19.1. The molecule has 1 saturated heterocycles. The number of hydrogen-bond acceptors (Lipinski definition) is 3. The van der Waals surface area contributed by atoms with Crippen LogP contribution in [-0.2, 0) is 0 Å². The Morgan fingerprint density at radius 3 is 2.95 bits per heavy atom. The third kappa shape index (κ3) is 2.53. The van der Waals surface area contributed by atoms with Gasteiger partial charge in [0.05, 0.1) is 31.9 Å². The Morgan fingerprint density at radius 1 is 1.58 bits per heavy atom. The molecule has 1 aromatic carbocycles. The number of halogens is 2. The lowest BCUT2D eigenvalue weighted by Gasteiger charge is -2.23. The van der Waals surface area contributed by atoms with Crippen LogP contribution in [0.5, 0.6) is 5.75 Å². The number of hydrogen-bond donors (Lipinski definition) is 1. The predicted octanol–water partition coefficient (Wildman–Crippen LogP) is 1.38. The minimum atomic E-state index is -1.19. The zero-order valence-corrected chi connectivity index (χ0v) is 10.5. The molecule has 1 N–H and O–H groups in total. The number of amides is 1. The standard InChI is InChI=1S/C13H15F2NO3/c1-19-11-4-2-3-10(12(11)15)13(18)16-6-8(14)5-9(16)7-17/h2-4,8-9,17H,5-7H2,1H3/t8-,9-/m0/s1. The first-order valence-corrected chi connectivity index (χ1v) is 5.96. The molecular formula is C13H15F2NO3. The molecule has 0 aromatic heterocycles. The summed E-state index contributed by atoms with van der Waals surface area (Å²) in [5.41, 5.74) is -0.174. The highest BCUT2D eigenvalue weighted by Crippen LogP contribution is 2.26. The molecule has 0 spiro atoms. The van der Waals surface area contributed by atoms with E-state index in [1.165, 1.54) is 30.2 Å². The minimum Gasteiger partial charge on any atom is -0.494 e. The second-order valence-electron chi connectivity index (χ2n) is 4.45. The maximum atomic E-state index is 14.0. The first-order chi connectivity index (χ1) is 9.08. The third-order valence-corrected chi connectivity index (χ3v) is 3.25. The van der Waals surface area contributed by atoms with E-state index >= 15 is 0 Å². The van der Waals surface area contributed by atoms with Crippen LogP contribution in [0.15, 0.2) is 18.2 Å². The Kier molecular flexibility index (Phi) is 3.99. The first kappa shape index (κ1) is 13.7. The van der Waals surface area contributed by atoms with Crippen LogP contribution in [0.2, 0.25) is 0 Å². The molecule has 0 aliphatic carbocycles. The molecular weight excluding hydrogens is 256 g/mol. The van der Waals surface area contributed by atoms with E-state index in [-0.39, 0.29) is 30.9 Å². The second-order valence-corrected chi connectivity index (χ2v) is 4.45. The van der Waals surface area contributed by atoms with Crippen molar-refractivity contribution in [2.45, 2.75) is 18.6 Å². The first-order valence-electron chi connectivity index (χ1n) is 5.96. The van der Waals surface area contributed by atoms with Gasteiger partial charge in [-0.25, -0.2) is 8.78 Å². The number of rotatable bonds is 3. The average molecular weight is 271 g/mol. The molecule has 19 heavy (non-hydrogen) atoms. The molecule has 1 amide bonds. The third-order valence-electron chi connectivity index (χ3n) is 3.25. The molecule has 4 nitrogen and oxygen atoms in total. The summed E-state index contributed by atoms with van der Waals surface area (Å²) in [6, 6.07) is 3.61. The van der Waals surface area contributed by atoms with Crippen molar-refractivity contribution in [1.82, 2.24) is 4.90 Å². The summed E-state index contributed by atoms with van der Waals surface area (Å²) in [6.45, 7) is -0.460. The maximum Gasteiger partial charge on any atom is 0.257 e. The number of nitrogens with zero attached hydrogens (tertiary/aromatic N) is 1. The number of methoxy groups -OCH3 is 1. The highest BCUT2D eigenvalue weighted by molar-refractivity contribution is 5.95. The zero-order valence-electron chi connectivity index (χ0n) is 10.5. The molecule has 1 fully saturated rings. The van der Waals surface area contributed by atoms with Crippen LogP contribution in [0.1, 0.15) is 16.8 Å². The van der Waals surface area contributed by atoms with Crippen LogP contribution in [0.3, 0.4) is 0 Å². The topological polar surface area (TPSA) is 49.8 Å². The van der Waals surface area contributed by atoms with E-state index in [0.717, 1.165) is 0 Å². The lowest BCUT2D eigenvalue weighted by molar-refractivity contribution is 0.0667. The number of aliphatic hydroxyl groups excluding tert-OH is 1. The van der Waals surface area contributed by atoms with Crippen molar-refractivity contribution in [3.05, 3.63) is 29.6 Å². The predicted molar refractivity (Wildman–Crippen MR) is 64.4 cm³/mol. The Bertz CT molecular complexity index is 481. The molecule has 0 bridgehead atoms. The van der Waals surface area contributed by atoms with Gasteiger partial charge in [-0.05, 0) is 12.1 Å². The van der Waals surface area contributed by atoms with Crippen molar-refractivity contribution in [1.29, 1.82) is 0 Å². The monoisotopic (exact) mass is 271 g/mol. The number of carbonyl (C=O) groups is 1. The van der Waals surface area contributed by atoms with Gasteiger partial charge in [-0.3, -0.25) is 4.79 Å². The Labute approximate surface area is 109 Å². The summed E-state index contributed by atoms with van der Waals surface area (Å²) in [5.74, 6) is -1.44. The Balaban J connectivity index is 2.29. The fourth-order valence-corrected chi connectivity index (χ4v) is 2.27. The summed E-state index contributed by atoms with van der Waals surface area (Å²) in [4.78, 5) is 13.4. The van der Waals surface area contributed by atoms with Gasteiger partial charge in [0.15, 0.2) is 11.6 Å². The molecule has 2 atom stereocenters. The van der Waals surface area contributed by atoms with E-state index in [0.29, 0.717) is 0 Å². The van der Waals surface area contributed by atoms with Gasteiger partial charge in [-0.1, -0.05) is 6.07 Å². The van der Waals surface area contributed by atoms with Gasteiger partial charge >= 0.3 is 0 Å². The van der Waals surface area contributed by atoms with Crippen molar-refractivity contribution in [2.75, 3.05) is 20.3 Å². The van der Waals surface area contributed by atoms with E-state index in [9.17, 15) is 13.6 Å². The molecule has 0 radical (unpaired) electrons. The van der Waals surface area contributed by atoms with Crippen LogP contribution in [0.4, 0.5) is 8.78 Å². The number of aliphatic hydroxyl groups is 1. The van der Waals surface area contributed by atoms with Gasteiger partial charge < -0.3 is 14.7 Å². The van der Waals surface area contributed by atoms with Crippen LogP contribution in [0.25, 0.3) is 0 Å². The SMILES string of the molecule is COc1cccc(C(=O)N2C[C@@H](F)C[C@H]2CO)c1F. The fourth-order valence-electron chi connectivity index (χ4n) is 2.27. The van der Waals surface area contributed by atoms with Crippen molar-refractivity contribution in [3.63, 3.8) is 0 Å². The summed E-state index contributed by atoms with van der Waals surface area (Å²) < 4.78 is 32.1. The summed E-state index contributed by atoms with van der Waals surface area (Å²) >= 11 is 0. The van der Waals surface area contributed by atoms with E-state index in [1.54, 1.807) is 0 Å². The lowest BCUT2D eigenvalue weighted by atomic mass is 10.1. The van der Waals surface area contributed by atoms with Gasteiger partial charge in [0.25, 0.3) is 5.91 Å². The molecule has 2 rings (SSSR count). The van der Waals surface area contributed by atoms with Gasteiger partial charge in [-0.2, -0.15) is 0 Å². The summed E-state index contributed by atoms with van der Waals surface area (Å²) in [5, 5.41) is 9.14. The molecule has 1 heterocycles. The Morgan fingerprint density at radius 2 is 2.32 bits per heavy atom. The fraction of sp³-hybridized carbons (Fsp3) is 0.462. The van der Waals surface area contributed by atoms with Crippen molar-refractivity contribution in [3.8, 4) is 5.75 Å². The number of ether oxygens (including phenoxy) is 1. The summed E-state index contributed by atoms with van der Waals surface area (Å²) in [7, 11) is 1.30. The molecule has 1 aromatic rings. The van der Waals surface area contributed by atoms with Gasteiger partial charge in [0.2, 0.25) is 0 Å². The van der Waals surface area contributed by atoms with E-state index in [1.807, 2.05) is 0 Å². The largest absolute Gasteiger partial charge is 0.494 e. The van der Waals surface area contributed by atoms with Crippen molar-refractivity contribution >= 4 is 5.91 Å². The van der Waals surface area contributed by atoms with Crippen LogP contribution in [0, 0.1) is 5.82 Å². The molecule has 0 unspecified atom stereocenters. The van der Waals surface area contributed by atoms with E-state index in [4.69, 9.17) is 9.84 Å². The number of benzene rings is 1. The second kappa shape index (κ2) is 5.52. The van der Waals surface area contributed by atoms with E-state index < -0.39 is 23.9 Å². The van der Waals surface area contributed by atoms with Crippen molar-refractivity contribution < 1.29 is 23.4 Å². The minimum absolute atomic E-state index is 0.0395. The summed E-state index contributed by atoms with van der Waals surface area (Å²) in [6.07, 6.45) is -1.11. The zero-order chi connectivity index (χ0) is 14.0.